The molecule has 0 aliphatic carbocycles. The van der Waals surface area contributed by atoms with Crippen LogP contribution in [0, 0.1) is 30.9 Å². The van der Waals surface area contributed by atoms with Gasteiger partial charge in [0, 0.05) is 17.4 Å². The zero-order chi connectivity index (χ0) is 20.8. The molecule has 0 aliphatic rings. The number of anilines is 2. The van der Waals surface area contributed by atoms with Crippen LogP contribution in [-0.2, 0) is 9.59 Å². The fourth-order valence-electron chi connectivity index (χ4n) is 2.75. The summed E-state index contributed by atoms with van der Waals surface area (Å²) in [6.45, 7) is 5.46. The van der Waals surface area contributed by atoms with Crippen LogP contribution in [0.15, 0.2) is 30.3 Å². The second-order valence-corrected chi connectivity index (χ2v) is 6.78. The monoisotopic (exact) mass is 404 g/mol. The Kier molecular flexibility index (Phi) is 6.94. The van der Waals surface area contributed by atoms with Crippen LogP contribution in [0.1, 0.15) is 16.7 Å². The molecule has 0 fully saturated rings. The summed E-state index contributed by atoms with van der Waals surface area (Å²) in [4.78, 5) is 34.3. The molecular weight excluding hydrogens is 384 g/mol. The predicted octanol–water partition coefficient (Wildman–Crippen LogP) is 3.34. The smallest absolute Gasteiger partial charge is 0.289 e. The molecule has 0 unspecified atom stereocenters. The second kappa shape index (κ2) is 9.18. The van der Waals surface area contributed by atoms with Crippen molar-refractivity contribution in [2.24, 2.45) is 0 Å². The normalized spacial score (nSPS) is 10.3. The van der Waals surface area contributed by atoms with E-state index in [1.165, 1.54) is 18.2 Å². The van der Waals surface area contributed by atoms with E-state index in [4.69, 9.17) is 11.6 Å². The van der Waals surface area contributed by atoms with Gasteiger partial charge in [-0.3, -0.25) is 19.7 Å². The molecule has 2 rings (SSSR count). The number of benzene rings is 2. The number of halogens is 1. The summed E-state index contributed by atoms with van der Waals surface area (Å²) in [5.41, 5.74) is 3.86. The van der Waals surface area contributed by atoms with E-state index in [9.17, 15) is 19.7 Å². The average molecular weight is 405 g/mol. The standard InChI is InChI=1S/C19H21ClN4O4/c1-11-6-12(2)19(13(3)7-11)23-18(26)10-22-17(25)9-21-14-4-5-15(20)16(8-14)24(27)28/h4-8,21H,9-10H2,1-3H3,(H,22,25)(H,23,26). The summed E-state index contributed by atoms with van der Waals surface area (Å²) in [7, 11) is 0. The Morgan fingerprint density at radius 1 is 1.04 bits per heavy atom. The van der Waals surface area contributed by atoms with Gasteiger partial charge in [-0.2, -0.15) is 0 Å². The summed E-state index contributed by atoms with van der Waals surface area (Å²) >= 11 is 5.74. The Bertz CT molecular complexity index is 907. The fraction of sp³-hybridized carbons (Fsp3) is 0.263. The van der Waals surface area contributed by atoms with Gasteiger partial charge in [-0.1, -0.05) is 29.3 Å². The van der Waals surface area contributed by atoms with Crippen LogP contribution in [0.5, 0.6) is 0 Å². The van der Waals surface area contributed by atoms with Crippen molar-refractivity contribution in [1.29, 1.82) is 0 Å². The molecule has 2 amide bonds. The number of hydrogen-bond acceptors (Lipinski definition) is 5. The number of nitro groups is 1. The molecule has 0 atom stereocenters. The highest BCUT2D eigenvalue weighted by molar-refractivity contribution is 6.32. The van der Waals surface area contributed by atoms with Crippen LogP contribution >= 0.6 is 11.6 Å². The Morgan fingerprint density at radius 3 is 2.29 bits per heavy atom. The molecule has 9 heteroatoms. The molecule has 0 saturated heterocycles. The first-order valence-electron chi connectivity index (χ1n) is 8.49. The molecule has 0 radical (unpaired) electrons. The zero-order valence-corrected chi connectivity index (χ0v) is 16.5. The van der Waals surface area contributed by atoms with E-state index < -0.39 is 10.8 Å². The third-order valence-electron chi connectivity index (χ3n) is 3.98. The number of amides is 2. The van der Waals surface area contributed by atoms with E-state index in [-0.39, 0.29) is 29.7 Å². The van der Waals surface area contributed by atoms with Gasteiger partial charge in [0.1, 0.15) is 5.02 Å². The van der Waals surface area contributed by atoms with Crippen molar-refractivity contribution in [3.05, 3.63) is 62.2 Å². The van der Waals surface area contributed by atoms with Gasteiger partial charge in [0.15, 0.2) is 0 Å². The molecule has 0 bridgehead atoms. The number of rotatable bonds is 7. The lowest BCUT2D eigenvalue weighted by Crippen LogP contribution is -2.36. The van der Waals surface area contributed by atoms with Gasteiger partial charge in [0.2, 0.25) is 11.8 Å². The van der Waals surface area contributed by atoms with Crippen LogP contribution in [0.25, 0.3) is 0 Å². The van der Waals surface area contributed by atoms with E-state index in [0.717, 1.165) is 22.4 Å². The van der Waals surface area contributed by atoms with Gasteiger partial charge < -0.3 is 16.0 Å². The Hall–Kier alpha value is -3.13. The van der Waals surface area contributed by atoms with Gasteiger partial charge in [-0.05, 0) is 44.0 Å². The minimum Gasteiger partial charge on any atom is -0.376 e. The molecule has 2 aromatic rings. The lowest BCUT2D eigenvalue weighted by atomic mass is 10.1. The molecule has 0 spiro atoms. The van der Waals surface area contributed by atoms with Crippen LogP contribution < -0.4 is 16.0 Å². The lowest BCUT2D eigenvalue weighted by Gasteiger charge is -2.13. The summed E-state index contributed by atoms with van der Waals surface area (Å²) in [6.07, 6.45) is 0. The van der Waals surface area contributed by atoms with E-state index in [2.05, 4.69) is 16.0 Å². The van der Waals surface area contributed by atoms with E-state index in [1.54, 1.807) is 0 Å². The highest BCUT2D eigenvalue weighted by atomic mass is 35.5. The maximum Gasteiger partial charge on any atom is 0.289 e. The van der Waals surface area contributed by atoms with Crippen LogP contribution in [0.3, 0.4) is 0 Å². The number of carbonyl (C=O) groups excluding carboxylic acids is 2. The number of nitro benzene ring substituents is 1. The maximum atomic E-state index is 12.1. The van der Waals surface area contributed by atoms with E-state index in [1.807, 2.05) is 32.9 Å². The van der Waals surface area contributed by atoms with Gasteiger partial charge in [-0.25, -0.2) is 0 Å². The first kappa shape index (κ1) is 21.2. The van der Waals surface area contributed by atoms with Gasteiger partial charge in [-0.15, -0.1) is 0 Å². The highest BCUT2D eigenvalue weighted by Gasteiger charge is 2.14. The number of carbonyl (C=O) groups is 2. The maximum absolute atomic E-state index is 12.1. The van der Waals surface area contributed by atoms with E-state index >= 15 is 0 Å². The molecular formula is C19H21ClN4O4. The van der Waals surface area contributed by atoms with Crippen molar-refractivity contribution in [3.8, 4) is 0 Å². The van der Waals surface area contributed by atoms with Crippen molar-refractivity contribution in [2.75, 3.05) is 23.7 Å². The Balaban J connectivity index is 1.85. The molecule has 0 saturated carbocycles. The number of aryl methyl sites for hydroxylation is 3. The van der Waals surface area contributed by atoms with Gasteiger partial charge >= 0.3 is 0 Å². The summed E-state index contributed by atoms with van der Waals surface area (Å²) in [5.74, 6) is -0.768. The van der Waals surface area contributed by atoms with Crippen molar-refractivity contribution < 1.29 is 14.5 Å². The summed E-state index contributed by atoms with van der Waals surface area (Å²) in [6, 6.07) is 8.08. The minimum atomic E-state index is -0.604. The number of nitrogens with zero attached hydrogens (tertiary/aromatic N) is 1. The third-order valence-corrected chi connectivity index (χ3v) is 4.30. The van der Waals surface area contributed by atoms with Gasteiger partial charge in [0.25, 0.3) is 5.69 Å². The lowest BCUT2D eigenvalue weighted by molar-refractivity contribution is -0.384. The molecule has 0 aliphatic heterocycles. The van der Waals surface area contributed by atoms with Crippen molar-refractivity contribution >= 4 is 40.5 Å². The largest absolute Gasteiger partial charge is 0.376 e. The zero-order valence-electron chi connectivity index (χ0n) is 15.8. The Morgan fingerprint density at radius 2 is 1.68 bits per heavy atom. The summed E-state index contributed by atoms with van der Waals surface area (Å²) < 4.78 is 0. The number of hydrogen-bond donors (Lipinski definition) is 3. The SMILES string of the molecule is Cc1cc(C)c(NC(=O)CNC(=O)CNc2ccc(Cl)c([N+](=O)[O-])c2)c(C)c1. The quantitative estimate of drug-likeness (QED) is 0.483. The first-order chi connectivity index (χ1) is 13.2. The second-order valence-electron chi connectivity index (χ2n) is 6.38. The fourth-order valence-corrected chi connectivity index (χ4v) is 2.93. The third kappa shape index (κ3) is 5.68. The van der Waals surface area contributed by atoms with Crippen LogP contribution in [-0.4, -0.2) is 29.8 Å². The van der Waals surface area contributed by atoms with Crippen molar-refractivity contribution in [3.63, 3.8) is 0 Å². The molecule has 28 heavy (non-hydrogen) atoms. The minimum absolute atomic E-state index is 0.0124. The molecule has 148 valence electrons. The summed E-state index contributed by atoms with van der Waals surface area (Å²) in [5, 5.41) is 18.9. The van der Waals surface area contributed by atoms with Crippen LogP contribution in [0.2, 0.25) is 5.02 Å². The van der Waals surface area contributed by atoms with Crippen LogP contribution in [0.4, 0.5) is 17.1 Å². The number of nitrogens with one attached hydrogen (secondary N) is 3. The molecule has 3 N–H and O–H groups in total. The Labute approximate surface area is 167 Å². The first-order valence-corrected chi connectivity index (χ1v) is 8.87. The highest BCUT2D eigenvalue weighted by Crippen LogP contribution is 2.27. The van der Waals surface area contributed by atoms with Crippen molar-refractivity contribution in [1.82, 2.24) is 5.32 Å². The van der Waals surface area contributed by atoms with Gasteiger partial charge in [0.05, 0.1) is 18.0 Å². The molecule has 2 aromatic carbocycles. The molecule has 0 heterocycles. The molecule has 0 aromatic heterocycles. The molecule has 8 nitrogen and oxygen atoms in total. The average Bonchev–Trinajstić information content (AvgIpc) is 2.62. The van der Waals surface area contributed by atoms with E-state index in [0.29, 0.717) is 5.69 Å². The van der Waals surface area contributed by atoms with Crippen molar-refractivity contribution in [2.45, 2.75) is 20.8 Å². The predicted molar refractivity (Wildman–Crippen MR) is 109 cm³/mol. The topological polar surface area (TPSA) is 113 Å².